The third-order valence-corrected chi connectivity index (χ3v) is 4.44. The van der Waals surface area contributed by atoms with E-state index in [-0.39, 0.29) is 12.5 Å². The Morgan fingerprint density at radius 1 is 1.50 bits per heavy atom. The molecular formula is C13H16ClNO2S. The number of halogens is 1. The van der Waals surface area contributed by atoms with Crippen molar-refractivity contribution in [3.05, 3.63) is 27.4 Å². The molecule has 0 atom stereocenters. The molecule has 0 radical (unpaired) electrons. The molecule has 0 unspecified atom stereocenters. The molecule has 98 valence electrons. The summed E-state index contributed by atoms with van der Waals surface area (Å²) in [5.41, 5.74) is -0.408. The molecule has 1 fully saturated rings. The van der Waals surface area contributed by atoms with E-state index in [1.165, 1.54) is 17.4 Å². The van der Waals surface area contributed by atoms with E-state index in [1.807, 2.05) is 6.07 Å². The van der Waals surface area contributed by atoms with E-state index < -0.39 is 5.54 Å². The predicted molar refractivity (Wildman–Crippen MR) is 74.8 cm³/mol. The van der Waals surface area contributed by atoms with Gasteiger partial charge in [-0.2, -0.15) is 0 Å². The van der Waals surface area contributed by atoms with Crippen molar-refractivity contribution in [1.82, 2.24) is 5.32 Å². The van der Waals surface area contributed by atoms with E-state index in [1.54, 1.807) is 12.1 Å². The Kier molecular flexibility index (Phi) is 4.43. The van der Waals surface area contributed by atoms with Crippen LogP contribution in [-0.4, -0.2) is 23.2 Å². The average Bonchev–Trinajstić information content (AvgIpc) is 2.97. The number of amides is 1. The van der Waals surface area contributed by atoms with Crippen molar-refractivity contribution in [2.24, 2.45) is 0 Å². The van der Waals surface area contributed by atoms with Gasteiger partial charge >= 0.3 is 0 Å². The number of carbonyl (C=O) groups excluding carboxylic acids is 1. The maximum absolute atomic E-state index is 11.8. The van der Waals surface area contributed by atoms with Gasteiger partial charge in [0.1, 0.15) is 0 Å². The second kappa shape index (κ2) is 5.87. The largest absolute Gasteiger partial charge is 0.394 e. The lowest BCUT2D eigenvalue weighted by Gasteiger charge is -2.27. The molecule has 1 aliphatic carbocycles. The minimum Gasteiger partial charge on any atom is -0.394 e. The molecule has 1 saturated carbocycles. The number of aliphatic hydroxyl groups excluding tert-OH is 1. The number of carbonyl (C=O) groups is 1. The SMILES string of the molecule is O=C(C=Cc1ccc(Cl)s1)NC1(CO)CCCC1. The molecule has 1 heterocycles. The number of hydrogen-bond donors (Lipinski definition) is 2. The summed E-state index contributed by atoms with van der Waals surface area (Å²) >= 11 is 7.24. The van der Waals surface area contributed by atoms with Crippen LogP contribution in [0.1, 0.15) is 30.6 Å². The van der Waals surface area contributed by atoms with Crippen LogP contribution in [0, 0.1) is 0 Å². The predicted octanol–water partition coefficient (Wildman–Crippen LogP) is 2.84. The van der Waals surface area contributed by atoms with Crippen molar-refractivity contribution in [3.8, 4) is 0 Å². The van der Waals surface area contributed by atoms with Gasteiger partial charge in [-0.05, 0) is 31.1 Å². The summed E-state index contributed by atoms with van der Waals surface area (Å²) in [7, 11) is 0. The molecule has 5 heteroatoms. The Balaban J connectivity index is 1.94. The highest BCUT2D eigenvalue weighted by atomic mass is 35.5. The first-order valence-corrected chi connectivity index (χ1v) is 7.19. The molecule has 0 bridgehead atoms. The summed E-state index contributed by atoms with van der Waals surface area (Å²) in [5, 5.41) is 12.3. The third kappa shape index (κ3) is 3.34. The van der Waals surface area contributed by atoms with Gasteiger partial charge in [-0.25, -0.2) is 0 Å². The van der Waals surface area contributed by atoms with Crippen LogP contribution in [0.25, 0.3) is 6.08 Å². The third-order valence-electron chi connectivity index (χ3n) is 3.24. The molecule has 1 aromatic rings. The van der Waals surface area contributed by atoms with Crippen molar-refractivity contribution in [2.45, 2.75) is 31.2 Å². The van der Waals surface area contributed by atoms with Crippen LogP contribution in [0.5, 0.6) is 0 Å². The first-order chi connectivity index (χ1) is 8.63. The summed E-state index contributed by atoms with van der Waals surface area (Å²) in [6.07, 6.45) is 7.07. The highest BCUT2D eigenvalue weighted by Crippen LogP contribution is 2.29. The fourth-order valence-electron chi connectivity index (χ4n) is 2.25. The molecule has 2 N–H and O–H groups in total. The summed E-state index contributed by atoms with van der Waals surface area (Å²) in [6, 6.07) is 3.67. The normalized spacial score (nSPS) is 18.3. The van der Waals surface area contributed by atoms with Crippen LogP contribution < -0.4 is 5.32 Å². The summed E-state index contributed by atoms with van der Waals surface area (Å²) < 4.78 is 0.706. The van der Waals surface area contributed by atoms with E-state index in [9.17, 15) is 9.90 Å². The molecule has 0 saturated heterocycles. The quantitative estimate of drug-likeness (QED) is 0.836. The van der Waals surface area contributed by atoms with E-state index in [4.69, 9.17) is 11.6 Å². The monoisotopic (exact) mass is 285 g/mol. The topological polar surface area (TPSA) is 49.3 Å². The molecule has 1 aromatic heterocycles. The lowest BCUT2D eigenvalue weighted by Crippen LogP contribution is -2.48. The number of rotatable bonds is 4. The molecule has 0 aromatic carbocycles. The van der Waals surface area contributed by atoms with Gasteiger partial charge in [0.15, 0.2) is 0 Å². The minimum absolute atomic E-state index is 0.0113. The van der Waals surface area contributed by atoms with Gasteiger partial charge in [-0.3, -0.25) is 4.79 Å². The number of aliphatic hydroxyl groups is 1. The zero-order valence-corrected chi connectivity index (χ0v) is 11.6. The fraction of sp³-hybridized carbons (Fsp3) is 0.462. The van der Waals surface area contributed by atoms with Crippen molar-refractivity contribution in [2.75, 3.05) is 6.61 Å². The van der Waals surface area contributed by atoms with Gasteiger partial charge in [-0.15, -0.1) is 11.3 Å². The number of hydrogen-bond acceptors (Lipinski definition) is 3. The van der Waals surface area contributed by atoms with E-state index in [0.29, 0.717) is 4.34 Å². The van der Waals surface area contributed by atoms with Crippen molar-refractivity contribution in [3.63, 3.8) is 0 Å². The van der Waals surface area contributed by atoms with E-state index in [0.717, 1.165) is 30.6 Å². The Labute approximate surface area is 115 Å². The van der Waals surface area contributed by atoms with Crippen molar-refractivity contribution < 1.29 is 9.90 Å². The lowest BCUT2D eigenvalue weighted by atomic mass is 9.99. The highest BCUT2D eigenvalue weighted by Gasteiger charge is 2.33. The van der Waals surface area contributed by atoms with Crippen LogP contribution in [0.3, 0.4) is 0 Å². The van der Waals surface area contributed by atoms with Crippen molar-refractivity contribution >= 4 is 34.9 Å². The number of thiophene rings is 1. The molecule has 18 heavy (non-hydrogen) atoms. The summed E-state index contributed by atoms with van der Waals surface area (Å²) in [4.78, 5) is 12.7. The molecule has 1 amide bonds. The average molecular weight is 286 g/mol. The first-order valence-electron chi connectivity index (χ1n) is 6.00. The van der Waals surface area contributed by atoms with E-state index >= 15 is 0 Å². The van der Waals surface area contributed by atoms with Gasteiger partial charge in [0.25, 0.3) is 0 Å². The van der Waals surface area contributed by atoms with Gasteiger partial charge < -0.3 is 10.4 Å². The Morgan fingerprint density at radius 2 is 2.22 bits per heavy atom. The Morgan fingerprint density at radius 3 is 2.78 bits per heavy atom. The van der Waals surface area contributed by atoms with E-state index in [2.05, 4.69) is 5.32 Å². The summed E-state index contributed by atoms with van der Waals surface area (Å²) in [5.74, 6) is -0.157. The van der Waals surface area contributed by atoms with Gasteiger partial charge in [0.05, 0.1) is 16.5 Å². The van der Waals surface area contributed by atoms with Gasteiger partial charge in [-0.1, -0.05) is 24.4 Å². The lowest BCUT2D eigenvalue weighted by molar-refractivity contribution is -0.118. The zero-order valence-electron chi connectivity index (χ0n) is 9.99. The molecule has 2 rings (SSSR count). The summed E-state index contributed by atoms with van der Waals surface area (Å²) in [6.45, 7) is 0.0113. The molecule has 3 nitrogen and oxygen atoms in total. The number of nitrogens with one attached hydrogen (secondary N) is 1. The smallest absolute Gasteiger partial charge is 0.244 e. The first kappa shape index (κ1) is 13.6. The second-order valence-corrected chi connectivity index (χ2v) is 6.36. The van der Waals surface area contributed by atoms with Crippen LogP contribution in [0.2, 0.25) is 4.34 Å². The Bertz CT molecular complexity index is 450. The van der Waals surface area contributed by atoms with Crippen LogP contribution in [-0.2, 0) is 4.79 Å². The van der Waals surface area contributed by atoms with Crippen molar-refractivity contribution in [1.29, 1.82) is 0 Å². The second-order valence-electron chi connectivity index (χ2n) is 4.61. The standard InChI is InChI=1S/C13H16ClNO2S/c14-11-5-3-10(18-11)4-6-12(17)15-13(9-16)7-1-2-8-13/h3-6,16H,1-2,7-9H2,(H,15,17). The Hall–Kier alpha value is -0.840. The molecule has 0 spiro atoms. The molecule has 0 aliphatic heterocycles. The fourth-order valence-corrected chi connectivity index (χ4v) is 3.22. The van der Waals surface area contributed by atoms with Crippen LogP contribution in [0.4, 0.5) is 0 Å². The maximum Gasteiger partial charge on any atom is 0.244 e. The molecular weight excluding hydrogens is 270 g/mol. The van der Waals surface area contributed by atoms with Crippen LogP contribution >= 0.6 is 22.9 Å². The minimum atomic E-state index is -0.408. The maximum atomic E-state index is 11.8. The van der Waals surface area contributed by atoms with Gasteiger partial charge in [0, 0.05) is 11.0 Å². The molecule has 1 aliphatic rings. The van der Waals surface area contributed by atoms with Crippen LogP contribution in [0.15, 0.2) is 18.2 Å². The van der Waals surface area contributed by atoms with Gasteiger partial charge in [0.2, 0.25) is 5.91 Å². The zero-order chi connectivity index (χ0) is 13.0. The highest BCUT2D eigenvalue weighted by molar-refractivity contribution is 7.17.